The van der Waals surface area contributed by atoms with Crippen LogP contribution in [0, 0.1) is 0 Å². The van der Waals surface area contributed by atoms with Gasteiger partial charge in [0.15, 0.2) is 0 Å². The molecule has 1 nitrogen and oxygen atoms in total. The van der Waals surface area contributed by atoms with E-state index in [0.717, 1.165) is 0 Å². The standard InChI is InChI=1S/C7H14N/c1-4-7(5-2)6-8(7)3/h6H,4-5H2,1-3H3/q+1. The van der Waals surface area contributed by atoms with E-state index in [1.807, 2.05) is 0 Å². The molecule has 0 radical (unpaired) electrons. The fraction of sp³-hybridized carbons (Fsp3) is 0.857. The molecule has 0 N–H and O–H groups in total. The first kappa shape index (κ1) is 5.80. The Bertz CT molecular complexity index is 120. The summed E-state index contributed by atoms with van der Waals surface area (Å²) >= 11 is 0. The molecule has 0 atom stereocenters. The lowest BCUT2D eigenvalue weighted by Gasteiger charge is -1.99. The van der Waals surface area contributed by atoms with Crippen LogP contribution in [0.25, 0.3) is 0 Å². The van der Waals surface area contributed by atoms with E-state index >= 15 is 0 Å². The van der Waals surface area contributed by atoms with Crippen molar-refractivity contribution in [2.45, 2.75) is 32.2 Å². The Morgan fingerprint density at radius 1 is 1.38 bits per heavy atom. The van der Waals surface area contributed by atoms with Gasteiger partial charge in [0.2, 0.25) is 11.8 Å². The van der Waals surface area contributed by atoms with Gasteiger partial charge in [-0.05, 0) is 0 Å². The molecule has 8 heavy (non-hydrogen) atoms. The average Bonchev–Trinajstić information content (AvgIpc) is 2.43. The van der Waals surface area contributed by atoms with Crippen LogP contribution in [-0.4, -0.2) is 23.4 Å². The van der Waals surface area contributed by atoms with Crippen molar-refractivity contribution >= 4 is 6.21 Å². The first-order valence-corrected chi connectivity index (χ1v) is 3.34. The molecule has 0 aliphatic carbocycles. The normalized spacial score (nSPS) is 22.6. The van der Waals surface area contributed by atoms with Crippen molar-refractivity contribution in [2.24, 2.45) is 0 Å². The van der Waals surface area contributed by atoms with E-state index in [1.165, 1.54) is 12.8 Å². The van der Waals surface area contributed by atoms with E-state index in [-0.39, 0.29) is 0 Å². The second kappa shape index (κ2) is 1.57. The highest BCUT2D eigenvalue weighted by Crippen LogP contribution is 2.25. The SMILES string of the molecule is CCC1(CC)C=[N+]1C. The van der Waals surface area contributed by atoms with Gasteiger partial charge in [-0.2, -0.15) is 0 Å². The van der Waals surface area contributed by atoms with Crippen molar-refractivity contribution in [3.63, 3.8) is 0 Å². The molecule has 0 aromatic heterocycles. The lowest BCUT2D eigenvalue weighted by atomic mass is 10.0. The number of hydrogen-bond donors (Lipinski definition) is 0. The summed E-state index contributed by atoms with van der Waals surface area (Å²) in [5.41, 5.74) is 0.500. The minimum absolute atomic E-state index is 0.500. The molecule has 0 aromatic rings. The fourth-order valence-corrected chi connectivity index (χ4v) is 1.26. The zero-order chi connectivity index (χ0) is 6.20. The molecule has 0 saturated heterocycles. The highest BCUT2D eigenvalue weighted by atomic mass is 15.2. The van der Waals surface area contributed by atoms with Crippen LogP contribution in [0.5, 0.6) is 0 Å². The van der Waals surface area contributed by atoms with Crippen LogP contribution < -0.4 is 0 Å². The zero-order valence-electron chi connectivity index (χ0n) is 5.94. The van der Waals surface area contributed by atoms with Crippen LogP contribution in [0.3, 0.4) is 0 Å². The van der Waals surface area contributed by atoms with Crippen LogP contribution in [0.1, 0.15) is 26.7 Å². The van der Waals surface area contributed by atoms with Crippen LogP contribution in [0.4, 0.5) is 0 Å². The summed E-state index contributed by atoms with van der Waals surface area (Å²) in [6.45, 7) is 4.48. The van der Waals surface area contributed by atoms with E-state index in [0.29, 0.717) is 5.54 Å². The third-order valence-electron chi connectivity index (χ3n) is 2.29. The van der Waals surface area contributed by atoms with Gasteiger partial charge in [0.05, 0.1) is 0 Å². The number of hydrogen-bond acceptors (Lipinski definition) is 0. The highest BCUT2D eigenvalue weighted by Gasteiger charge is 2.48. The van der Waals surface area contributed by atoms with Crippen LogP contribution >= 0.6 is 0 Å². The predicted octanol–water partition coefficient (Wildman–Crippen LogP) is 1.27. The topological polar surface area (TPSA) is 3.01 Å². The third kappa shape index (κ3) is 0.575. The first-order chi connectivity index (χ1) is 3.75. The molecule has 0 fully saturated rings. The molecule has 0 saturated carbocycles. The van der Waals surface area contributed by atoms with E-state index in [1.54, 1.807) is 0 Å². The Hall–Kier alpha value is -0.330. The van der Waals surface area contributed by atoms with Crippen molar-refractivity contribution in [1.82, 2.24) is 0 Å². The van der Waals surface area contributed by atoms with Crippen molar-refractivity contribution in [3.8, 4) is 0 Å². The Balaban J connectivity index is 2.44. The van der Waals surface area contributed by atoms with Gasteiger partial charge in [-0.3, -0.25) is 0 Å². The van der Waals surface area contributed by atoms with Gasteiger partial charge in [0.25, 0.3) is 0 Å². The summed E-state index contributed by atoms with van der Waals surface area (Å²) < 4.78 is 2.30. The number of rotatable bonds is 2. The molecule has 1 rings (SSSR count). The molecule has 1 heteroatoms. The van der Waals surface area contributed by atoms with Crippen molar-refractivity contribution in [3.05, 3.63) is 0 Å². The van der Waals surface area contributed by atoms with E-state index in [2.05, 4.69) is 31.7 Å². The maximum absolute atomic E-state index is 2.30. The second-order valence-corrected chi connectivity index (χ2v) is 2.55. The molecular formula is C7H14N+. The van der Waals surface area contributed by atoms with Crippen LogP contribution in [-0.2, 0) is 0 Å². The van der Waals surface area contributed by atoms with Gasteiger partial charge >= 0.3 is 0 Å². The summed E-state index contributed by atoms with van der Waals surface area (Å²) in [6.07, 6.45) is 4.83. The van der Waals surface area contributed by atoms with Crippen molar-refractivity contribution in [2.75, 3.05) is 7.05 Å². The molecule has 0 spiro atoms. The molecule has 1 aliphatic rings. The number of nitrogens with zero attached hydrogens (tertiary/aromatic N) is 1. The molecule has 46 valence electrons. The lowest BCUT2D eigenvalue weighted by Crippen LogP contribution is -2.17. The van der Waals surface area contributed by atoms with Gasteiger partial charge in [0.1, 0.15) is 7.05 Å². The third-order valence-corrected chi connectivity index (χ3v) is 2.29. The second-order valence-electron chi connectivity index (χ2n) is 2.55. The van der Waals surface area contributed by atoms with Crippen molar-refractivity contribution in [1.29, 1.82) is 0 Å². The highest BCUT2D eigenvalue weighted by molar-refractivity contribution is 5.72. The van der Waals surface area contributed by atoms with Crippen LogP contribution in [0.2, 0.25) is 0 Å². The summed E-state index contributed by atoms with van der Waals surface area (Å²) in [5.74, 6) is 0. The van der Waals surface area contributed by atoms with Gasteiger partial charge in [-0.1, -0.05) is 13.8 Å². The van der Waals surface area contributed by atoms with E-state index in [9.17, 15) is 0 Å². The minimum atomic E-state index is 0.500. The van der Waals surface area contributed by atoms with Gasteiger partial charge < -0.3 is 0 Å². The average molecular weight is 112 g/mol. The minimum Gasteiger partial charge on any atom is -0.222 e. The summed E-state index contributed by atoms with van der Waals surface area (Å²) in [7, 11) is 2.15. The Morgan fingerprint density at radius 2 is 1.75 bits per heavy atom. The lowest BCUT2D eigenvalue weighted by molar-refractivity contribution is -0.475. The van der Waals surface area contributed by atoms with Crippen molar-refractivity contribution < 1.29 is 4.58 Å². The quantitative estimate of drug-likeness (QED) is 0.473. The van der Waals surface area contributed by atoms with Gasteiger partial charge in [-0.25, -0.2) is 4.58 Å². The van der Waals surface area contributed by atoms with E-state index in [4.69, 9.17) is 0 Å². The Morgan fingerprint density at radius 3 is 1.75 bits per heavy atom. The smallest absolute Gasteiger partial charge is 0.222 e. The zero-order valence-corrected chi connectivity index (χ0v) is 5.94. The van der Waals surface area contributed by atoms with Gasteiger partial charge in [0, 0.05) is 12.8 Å². The predicted molar refractivity (Wildman–Crippen MR) is 35.6 cm³/mol. The molecule has 0 unspecified atom stereocenters. The first-order valence-electron chi connectivity index (χ1n) is 3.34. The molecular weight excluding hydrogens is 98.1 g/mol. The molecule has 0 bridgehead atoms. The monoisotopic (exact) mass is 112 g/mol. The Labute approximate surface area is 51.0 Å². The van der Waals surface area contributed by atoms with Crippen LogP contribution in [0.15, 0.2) is 0 Å². The molecule has 1 heterocycles. The van der Waals surface area contributed by atoms with Gasteiger partial charge in [-0.15, -0.1) is 0 Å². The maximum Gasteiger partial charge on any atom is 0.236 e. The summed E-state index contributed by atoms with van der Waals surface area (Å²) in [5, 5.41) is 0. The molecule has 1 aliphatic heterocycles. The fourth-order valence-electron chi connectivity index (χ4n) is 1.26. The molecule has 0 aromatic carbocycles. The maximum atomic E-state index is 2.30. The largest absolute Gasteiger partial charge is 0.236 e. The van der Waals surface area contributed by atoms with E-state index < -0.39 is 0 Å². The molecule has 0 amide bonds. The Kier molecular flexibility index (Phi) is 1.14. The summed E-state index contributed by atoms with van der Waals surface area (Å²) in [6, 6.07) is 0. The summed E-state index contributed by atoms with van der Waals surface area (Å²) in [4.78, 5) is 0.